The summed E-state index contributed by atoms with van der Waals surface area (Å²) in [5, 5.41) is 17.3. The van der Waals surface area contributed by atoms with E-state index in [1.807, 2.05) is 0 Å². The number of alkyl carbamates (subject to hydrolysis) is 1. The maximum absolute atomic E-state index is 12.2. The predicted octanol–water partition coefficient (Wildman–Crippen LogP) is 2.96. The number of nitrogens with one attached hydrogen (secondary N) is 1. The molecule has 0 saturated heterocycles. The lowest BCUT2D eigenvalue weighted by molar-refractivity contribution is -0.386. The van der Waals surface area contributed by atoms with Gasteiger partial charge in [0.2, 0.25) is 0 Å². The molecule has 1 aliphatic rings. The topological polar surface area (TPSA) is 109 Å². The number of hydrogen-bond acceptors (Lipinski definition) is 6. The van der Waals surface area contributed by atoms with Crippen LogP contribution in [0.4, 0.5) is 23.7 Å². The molecule has 1 saturated carbocycles. The molecule has 1 aliphatic carbocycles. The molecule has 0 atom stereocenters. The summed E-state index contributed by atoms with van der Waals surface area (Å²) in [7, 11) is 0. The lowest BCUT2D eigenvalue weighted by Gasteiger charge is -2.35. The Balaban J connectivity index is 1.94. The van der Waals surface area contributed by atoms with Crippen molar-refractivity contribution in [3.05, 3.63) is 16.3 Å². The van der Waals surface area contributed by atoms with Gasteiger partial charge in [0.25, 0.3) is 0 Å². The zero-order valence-electron chi connectivity index (χ0n) is 14.4. The minimum Gasteiger partial charge on any atom is -0.462 e. The van der Waals surface area contributed by atoms with Gasteiger partial charge < -0.3 is 14.8 Å². The van der Waals surface area contributed by atoms with Crippen molar-refractivity contribution in [2.45, 2.75) is 57.5 Å². The molecule has 1 heterocycles. The van der Waals surface area contributed by atoms with Gasteiger partial charge in [-0.2, -0.15) is 13.2 Å². The number of nitrogens with zero attached hydrogens (tertiary/aromatic N) is 3. The van der Waals surface area contributed by atoms with Crippen LogP contribution in [0.1, 0.15) is 39.7 Å². The summed E-state index contributed by atoms with van der Waals surface area (Å²) in [5.74, 6) is -0.684. The predicted molar refractivity (Wildman–Crippen MR) is 81.9 cm³/mol. The molecule has 2 rings (SSSR count). The first-order chi connectivity index (χ1) is 11.8. The smallest absolute Gasteiger partial charge is 0.422 e. The van der Waals surface area contributed by atoms with Crippen molar-refractivity contribution in [3.63, 3.8) is 0 Å². The molecule has 9 nitrogen and oxygen atoms in total. The quantitative estimate of drug-likeness (QED) is 0.621. The fourth-order valence-corrected chi connectivity index (χ4v) is 2.33. The highest BCUT2D eigenvalue weighted by Crippen LogP contribution is 2.36. The van der Waals surface area contributed by atoms with Gasteiger partial charge in [0.1, 0.15) is 11.8 Å². The van der Waals surface area contributed by atoms with Gasteiger partial charge in [-0.1, -0.05) is 0 Å². The molecule has 0 unspecified atom stereocenters. The lowest BCUT2D eigenvalue weighted by atomic mass is 9.87. The average Bonchev–Trinajstić information content (AvgIpc) is 2.81. The third kappa shape index (κ3) is 5.49. The van der Waals surface area contributed by atoms with Crippen LogP contribution in [0.2, 0.25) is 0 Å². The zero-order valence-corrected chi connectivity index (χ0v) is 14.4. The Hall–Kier alpha value is -2.53. The molecule has 0 aliphatic heterocycles. The fourth-order valence-electron chi connectivity index (χ4n) is 2.33. The highest BCUT2D eigenvalue weighted by Gasteiger charge is 2.36. The van der Waals surface area contributed by atoms with E-state index in [0.29, 0.717) is 12.8 Å². The van der Waals surface area contributed by atoms with E-state index < -0.39 is 41.0 Å². The van der Waals surface area contributed by atoms with Gasteiger partial charge in [0.15, 0.2) is 6.61 Å². The fraction of sp³-hybridized carbons (Fsp3) is 0.714. The molecule has 0 aromatic carbocycles. The Labute approximate surface area is 146 Å². The molecular formula is C14H19F3N4O5. The molecule has 26 heavy (non-hydrogen) atoms. The van der Waals surface area contributed by atoms with Crippen LogP contribution in [-0.4, -0.2) is 45.2 Å². The molecule has 1 fully saturated rings. The highest BCUT2D eigenvalue weighted by atomic mass is 19.4. The summed E-state index contributed by atoms with van der Waals surface area (Å²) in [4.78, 5) is 21.8. The SMILES string of the molecule is CC(C)(C)OC(=O)NC1CC(n2cc([N+](=O)[O-])c(OCC(F)(F)F)n2)C1. The molecule has 1 aromatic rings. The first-order valence-corrected chi connectivity index (χ1v) is 7.76. The van der Waals surface area contributed by atoms with Crippen LogP contribution in [0.5, 0.6) is 5.88 Å². The minimum absolute atomic E-state index is 0.211. The third-order valence-corrected chi connectivity index (χ3v) is 3.46. The van der Waals surface area contributed by atoms with Gasteiger partial charge in [0.05, 0.1) is 11.0 Å². The number of aromatic nitrogens is 2. The van der Waals surface area contributed by atoms with Gasteiger partial charge in [0, 0.05) is 6.04 Å². The largest absolute Gasteiger partial charge is 0.462 e. The molecule has 0 bridgehead atoms. The summed E-state index contributed by atoms with van der Waals surface area (Å²) in [6, 6.07) is -0.505. The number of alkyl halides is 3. The third-order valence-electron chi connectivity index (χ3n) is 3.46. The van der Waals surface area contributed by atoms with E-state index in [1.54, 1.807) is 20.8 Å². The van der Waals surface area contributed by atoms with E-state index in [1.165, 1.54) is 4.68 Å². The van der Waals surface area contributed by atoms with E-state index in [9.17, 15) is 28.1 Å². The first-order valence-electron chi connectivity index (χ1n) is 7.76. The van der Waals surface area contributed by atoms with Gasteiger partial charge in [-0.25, -0.2) is 4.79 Å². The van der Waals surface area contributed by atoms with Crippen LogP contribution < -0.4 is 10.1 Å². The van der Waals surface area contributed by atoms with E-state index in [2.05, 4.69) is 15.2 Å². The van der Waals surface area contributed by atoms with Crippen molar-refractivity contribution in [3.8, 4) is 5.88 Å². The number of rotatable bonds is 5. The number of ether oxygens (including phenoxy) is 2. The number of amides is 1. The Morgan fingerprint density at radius 1 is 1.42 bits per heavy atom. The number of carbonyl (C=O) groups excluding carboxylic acids is 1. The maximum Gasteiger partial charge on any atom is 0.422 e. The monoisotopic (exact) mass is 380 g/mol. The van der Waals surface area contributed by atoms with Crippen molar-refractivity contribution in [1.29, 1.82) is 0 Å². The van der Waals surface area contributed by atoms with Crippen molar-refractivity contribution >= 4 is 11.8 Å². The van der Waals surface area contributed by atoms with Crippen LogP contribution >= 0.6 is 0 Å². The van der Waals surface area contributed by atoms with E-state index >= 15 is 0 Å². The van der Waals surface area contributed by atoms with Gasteiger partial charge in [-0.15, -0.1) is 5.10 Å². The summed E-state index contributed by atoms with van der Waals surface area (Å²) in [5.41, 5.74) is -1.28. The van der Waals surface area contributed by atoms with E-state index in [4.69, 9.17) is 4.74 Å². The van der Waals surface area contributed by atoms with Crippen LogP contribution in [0.15, 0.2) is 6.20 Å². The highest BCUT2D eigenvalue weighted by molar-refractivity contribution is 5.68. The van der Waals surface area contributed by atoms with Crippen LogP contribution in [-0.2, 0) is 4.74 Å². The Bertz CT molecular complexity index is 677. The van der Waals surface area contributed by atoms with E-state index in [0.717, 1.165) is 6.20 Å². The van der Waals surface area contributed by atoms with Gasteiger partial charge in [-0.05, 0) is 33.6 Å². The van der Waals surface area contributed by atoms with Crippen LogP contribution in [0, 0.1) is 10.1 Å². The second kappa shape index (κ2) is 7.00. The van der Waals surface area contributed by atoms with Crippen LogP contribution in [0.3, 0.4) is 0 Å². The molecule has 0 spiro atoms. The summed E-state index contributed by atoms with van der Waals surface area (Å²) >= 11 is 0. The Morgan fingerprint density at radius 3 is 2.54 bits per heavy atom. The number of carbonyl (C=O) groups is 1. The molecule has 12 heteroatoms. The summed E-state index contributed by atoms with van der Waals surface area (Å²) in [6.07, 6.45) is -3.36. The maximum atomic E-state index is 12.2. The summed E-state index contributed by atoms with van der Waals surface area (Å²) < 4.78 is 47.4. The molecule has 1 N–H and O–H groups in total. The zero-order chi connectivity index (χ0) is 19.7. The second-order valence-corrected chi connectivity index (χ2v) is 6.93. The van der Waals surface area contributed by atoms with E-state index in [-0.39, 0.29) is 12.1 Å². The molecule has 146 valence electrons. The molecule has 1 aromatic heterocycles. The Kier molecular flexibility index (Phi) is 5.33. The number of hydrogen-bond donors (Lipinski definition) is 1. The minimum atomic E-state index is -4.63. The second-order valence-electron chi connectivity index (χ2n) is 6.93. The van der Waals surface area contributed by atoms with Crippen molar-refractivity contribution in [2.75, 3.05) is 6.61 Å². The van der Waals surface area contributed by atoms with Crippen molar-refractivity contribution in [1.82, 2.24) is 15.1 Å². The number of nitro groups is 1. The Morgan fingerprint density at radius 2 is 2.04 bits per heavy atom. The normalized spacial score (nSPS) is 20.2. The molecule has 0 radical (unpaired) electrons. The van der Waals surface area contributed by atoms with Gasteiger partial charge >= 0.3 is 23.8 Å². The van der Waals surface area contributed by atoms with Gasteiger partial charge in [-0.3, -0.25) is 14.8 Å². The molecule has 1 amide bonds. The standard InChI is InChI=1S/C14H19F3N4O5/c1-13(2,3)26-12(22)18-8-4-9(5-8)20-6-10(21(23)24)11(19-20)25-7-14(15,16)17/h6,8-9H,4-5,7H2,1-3H3,(H,18,22). The molecular weight excluding hydrogens is 361 g/mol. The average molecular weight is 380 g/mol. The van der Waals surface area contributed by atoms with Crippen molar-refractivity contribution in [2.24, 2.45) is 0 Å². The number of halogens is 3. The van der Waals surface area contributed by atoms with Crippen molar-refractivity contribution < 1.29 is 32.4 Å². The van der Waals surface area contributed by atoms with Crippen LogP contribution in [0.25, 0.3) is 0 Å². The lowest BCUT2D eigenvalue weighted by Crippen LogP contribution is -2.46. The first kappa shape index (κ1) is 19.8. The summed E-state index contributed by atoms with van der Waals surface area (Å²) in [6.45, 7) is 3.50.